The zero-order chi connectivity index (χ0) is 18.3. The molecule has 26 heavy (non-hydrogen) atoms. The molecule has 0 bridgehead atoms. The first kappa shape index (κ1) is 16.4. The lowest BCUT2D eigenvalue weighted by molar-refractivity contribution is 0.0319. The van der Waals surface area contributed by atoms with E-state index < -0.39 is 12.1 Å². The Morgan fingerprint density at radius 3 is 2.96 bits per heavy atom. The average Bonchev–Trinajstić information content (AvgIpc) is 3.11. The maximum absolute atomic E-state index is 12.4. The molecule has 0 radical (unpaired) electrons. The predicted octanol–water partition coefficient (Wildman–Crippen LogP) is 3.22. The second-order valence-corrected chi connectivity index (χ2v) is 6.11. The van der Waals surface area contributed by atoms with E-state index in [4.69, 9.17) is 25.8 Å². The molecule has 1 aliphatic heterocycles. The van der Waals surface area contributed by atoms with Crippen LogP contribution in [-0.2, 0) is 4.74 Å². The van der Waals surface area contributed by atoms with Gasteiger partial charge in [0.25, 0.3) is 5.56 Å². The van der Waals surface area contributed by atoms with E-state index in [1.165, 1.54) is 12.1 Å². The van der Waals surface area contributed by atoms with Crippen LogP contribution in [0.15, 0.2) is 41.2 Å². The standard InChI is InChI=1S/C18H13ClN2O5/c1-9(16-20-13-5-3-2-4-11(13)17(22)21-16)26-18(23)10-6-12(19)15-14(7-10)24-8-25-15/h2-7,9H,8H2,1H3,(H,20,21,22)/t9-/m0/s1. The van der Waals surface area contributed by atoms with Crippen molar-refractivity contribution in [2.24, 2.45) is 0 Å². The molecule has 0 saturated carbocycles. The molecule has 1 N–H and O–H groups in total. The van der Waals surface area contributed by atoms with Crippen molar-refractivity contribution in [2.75, 3.05) is 6.79 Å². The molecule has 1 aromatic heterocycles. The summed E-state index contributed by atoms with van der Waals surface area (Å²) in [5.41, 5.74) is 0.453. The number of hydrogen-bond donors (Lipinski definition) is 1. The highest BCUT2D eigenvalue weighted by Crippen LogP contribution is 2.40. The van der Waals surface area contributed by atoms with Gasteiger partial charge in [-0.3, -0.25) is 4.79 Å². The Bertz CT molecular complexity index is 1080. The molecule has 0 unspecified atom stereocenters. The van der Waals surface area contributed by atoms with Crippen molar-refractivity contribution < 1.29 is 19.0 Å². The van der Waals surface area contributed by atoms with Crippen molar-refractivity contribution in [3.63, 3.8) is 0 Å². The number of benzene rings is 2. The zero-order valence-electron chi connectivity index (χ0n) is 13.6. The van der Waals surface area contributed by atoms with Crippen LogP contribution in [0.4, 0.5) is 0 Å². The first-order valence-corrected chi connectivity index (χ1v) is 8.20. The molecule has 0 saturated heterocycles. The number of aromatic amines is 1. The molecule has 3 aromatic rings. The van der Waals surface area contributed by atoms with Crippen molar-refractivity contribution in [2.45, 2.75) is 13.0 Å². The minimum Gasteiger partial charge on any atom is -0.454 e. The van der Waals surface area contributed by atoms with E-state index in [2.05, 4.69) is 9.97 Å². The number of nitrogens with one attached hydrogen (secondary N) is 1. The van der Waals surface area contributed by atoms with Crippen LogP contribution >= 0.6 is 11.6 Å². The highest BCUT2D eigenvalue weighted by Gasteiger charge is 2.23. The third-order valence-electron chi connectivity index (χ3n) is 3.96. The Labute approximate surface area is 152 Å². The normalized spacial score (nSPS) is 13.6. The van der Waals surface area contributed by atoms with Gasteiger partial charge in [-0.05, 0) is 31.2 Å². The van der Waals surface area contributed by atoms with Crippen molar-refractivity contribution in [1.82, 2.24) is 9.97 Å². The second kappa shape index (κ2) is 6.34. The number of H-pyrrole nitrogens is 1. The van der Waals surface area contributed by atoms with Crippen molar-refractivity contribution in [3.8, 4) is 11.5 Å². The summed E-state index contributed by atoms with van der Waals surface area (Å²) in [4.78, 5) is 31.6. The van der Waals surface area contributed by atoms with Gasteiger partial charge in [-0.15, -0.1) is 0 Å². The maximum Gasteiger partial charge on any atom is 0.339 e. The quantitative estimate of drug-likeness (QED) is 0.710. The molecule has 0 spiro atoms. The lowest BCUT2D eigenvalue weighted by Gasteiger charge is -2.13. The van der Waals surface area contributed by atoms with Gasteiger partial charge in [0.15, 0.2) is 23.4 Å². The molecular weight excluding hydrogens is 360 g/mol. The summed E-state index contributed by atoms with van der Waals surface area (Å²) in [6.07, 6.45) is -0.760. The Balaban J connectivity index is 1.60. The minimum absolute atomic E-state index is 0.0478. The lowest BCUT2D eigenvalue weighted by atomic mass is 10.2. The van der Waals surface area contributed by atoms with Crippen LogP contribution in [0, 0.1) is 0 Å². The number of aromatic nitrogens is 2. The number of para-hydroxylation sites is 1. The topological polar surface area (TPSA) is 90.5 Å². The monoisotopic (exact) mass is 372 g/mol. The van der Waals surface area contributed by atoms with Crippen LogP contribution in [0.3, 0.4) is 0 Å². The predicted molar refractivity (Wildman–Crippen MR) is 93.8 cm³/mol. The van der Waals surface area contributed by atoms with Crippen molar-refractivity contribution in [1.29, 1.82) is 0 Å². The van der Waals surface area contributed by atoms with Crippen LogP contribution in [0.1, 0.15) is 29.2 Å². The van der Waals surface area contributed by atoms with Crippen LogP contribution in [0.2, 0.25) is 5.02 Å². The number of carbonyl (C=O) groups excluding carboxylic acids is 1. The van der Waals surface area contributed by atoms with Crippen molar-refractivity contribution in [3.05, 3.63) is 63.2 Å². The molecule has 2 aromatic carbocycles. The van der Waals surface area contributed by atoms with Gasteiger partial charge in [0.2, 0.25) is 6.79 Å². The molecule has 1 aliphatic rings. The smallest absolute Gasteiger partial charge is 0.339 e. The molecule has 132 valence electrons. The SMILES string of the molecule is C[C@H](OC(=O)c1cc(Cl)c2c(c1)OCO2)c1nc2ccccc2c(=O)[nH]1. The van der Waals surface area contributed by atoms with Crippen LogP contribution in [0.25, 0.3) is 10.9 Å². The van der Waals surface area contributed by atoms with Crippen LogP contribution < -0.4 is 15.0 Å². The van der Waals surface area contributed by atoms with E-state index in [1.807, 2.05) is 0 Å². The molecule has 8 heteroatoms. The summed E-state index contributed by atoms with van der Waals surface area (Å²) >= 11 is 6.09. The molecule has 0 amide bonds. The van der Waals surface area contributed by atoms with Gasteiger partial charge >= 0.3 is 5.97 Å². The number of halogens is 1. The number of nitrogens with zero attached hydrogens (tertiary/aromatic N) is 1. The van der Waals surface area contributed by atoms with E-state index in [1.54, 1.807) is 31.2 Å². The third kappa shape index (κ3) is 2.86. The number of carbonyl (C=O) groups is 1. The third-order valence-corrected chi connectivity index (χ3v) is 4.24. The fourth-order valence-electron chi connectivity index (χ4n) is 2.67. The van der Waals surface area contributed by atoms with E-state index in [0.717, 1.165) is 0 Å². The highest BCUT2D eigenvalue weighted by molar-refractivity contribution is 6.32. The first-order chi connectivity index (χ1) is 12.5. The van der Waals surface area contributed by atoms with E-state index in [9.17, 15) is 9.59 Å². The average molecular weight is 373 g/mol. The first-order valence-electron chi connectivity index (χ1n) is 7.82. The number of ether oxygens (including phenoxy) is 3. The number of hydrogen-bond acceptors (Lipinski definition) is 6. The van der Waals surface area contributed by atoms with Gasteiger partial charge in [0.05, 0.1) is 21.5 Å². The summed E-state index contributed by atoms with van der Waals surface area (Å²) < 4.78 is 15.9. The van der Waals surface area contributed by atoms with Gasteiger partial charge in [-0.25, -0.2) is 9.78 Å². The molecule has 2 heterocycles. The number of esters is 1. The Morgan fingerprint density at radius 2 is 2.12 bits per heavy atom. The van der Waals surface area contributed by atoms with Gasteiger partial charge in [-0.1, -0.05) is 23.7 Å². The number of fused-ring (bicyclic) bond motifs is 2. The summed E-state index contributed by atoms with van der Waals surface area (Å²) in [6.45, 7) is 1.67. The molecule has 7 nitrogen and oxygen atoms in total. The minimum atomic E-state index is -0.760. The van der Waals surface area contributed by atoms with Crippen LogP contribution in [0.5, 0.6) is 11.5 Å². The highest BCUT2D eigenvalue weighted by atomic mass is 35.5. The molecule has 0 aliphatic carbocycles. The van der Waals surface area contributed by atoms with Gasteiger partial charge in [0.1, 0.15) is 0 Å². The Kier molecular flexibility index (Phi) is 4.00. The lowest BCUT2D eigenvalue weighted by Crippen LogP contribution is -2.17. The van der Waals surface area contributed by atoms with Gasteiger partial charge in [-0.2, -0.15) is 0 Å². The Hall–Kier alpha value is -3.06. The largest absolute Gasteiger partial charge is 0.454 e. The summed E-state index contributed by atoms with van der Waals surface area (Å²) in [5.74, 6) is 0.425. The van der Waals surface area contributed by atoms with E-state index >= 15 is 0 Å². The van der Waals surface area contributed by atoms with E-state index in [0.29, 0.717) is 22.4 Å². The molecular formula is C18H13ClN2O5. The summed E-state index contributed by atoms with van der Waals surface area (Å²) in [5, 5.41) is 0.731. The molecule has 4 rings (SSSR count). The number of rotatable bonds is 3. The van der Waals surface area contributed by atoms with Gasteiger partial charge < -0.3 is 19.2 Å². The van der Waals surface area contributed by atoms with Crippen LogP contribution in [-0.4, -0.2) is 22.7 Å². The summed E-state index contributed by atoms with van der Waals surface area (Å²) in [7, 11) is 0. The maximum atomic E-state index is 12.4. The summed E-state index contributed by atoms with van der Waals surface area (Å²) in [6, 6.07) is 9.88. The fourth-order valence-corrected chi connectivity index (χ4v) is 2.93. The second-order valence-electron chi connectivity index (χ2n) is 5.71. The zero-order valence-corrected chi connectivity index (χ0v) is 14.4. The fraction of sp³-hybridized carbons (Fsp3) is 0.167. The molecule has 1 atom stereocenters. The molecule has 0 fully saturated rings. The van der Waals surface area contributed by atoms with Gasteiger partial charge in [0, 0.05) is 0 Å². The van der Waals surface area contributed by atoms with E-state index in [-0.39, 0.29) is 28.8 Å². The van der Waals surface area contributed by atoms with Crippen molar-refractivity contribution >= 4 is 28.5 Å². The Morgan fingerprint density at radius 1 is 1.31 bits per heavy atom.